The first kappa shape index (κ1) is 12.0. The summed E-state index contributed by atoms with van der Waals surface area (Å²) in [6, 6.07) is -0.282. The number of ether oxygens (including phenoxy) is 1. The Morgan fingerprint density at radius 3 is 2.80 bits per heavy atom. The number of urea groups is 1. The summed E-state index contributed by atoms with van der Waals surface area (Å²) in [5.41, 5.74) is 0. The van der Waals surface area contributed by atoms with Gasteiger partial charge >= 0.3 is 6.03 Å². The molecule has 0 radical (unpaired) electrons. The molecular weight excluding hydrogens is 194 g/mol. The van der Waals surface area contributed by atoms with E-state index in [1.807, 2.05) is 0 Å². The average molecular weight is 213 g/mol. The minimum atomic E-state index is -0.178. The summed E-state index contributed by atoms with van der Waals surface area (Å²) < 4.78 is 4.95. The molecule has 2 amide bonds. The summed E-state index contributed by atoms with van der Waals surface area (Å²) >= 11 is 0. The molecular formula is C10H19N3O2. The number of hydrogen-bond donors (Lipinski definition) is 2. The van der Waals surface area contributed by atoms with Crippen LogP contribution >= 0.6 is 0 Å². The lowest BCUT2D eigenvalue weighted by Gasteiger charge is -2.23. The van der Waals surface area contributed by atoms with E-state index in [1.165, 1.54) is 0 Å². The smallest absolute Gasteiger partial charge is 0.323 e. The zero-order chi connectivity index (χ0) is 11.4. The summed E-state index contributed by atoms with van der Waals surface area (Å²) in [6.07, 6.45) is 0.821. The van der Waals surface area contributed by atoms with Crippen LogP contribution in [0.5, 0.6) is 0 Å². The van der Waals surface area contributed by atoms with Crippen LogP contribution < -0.4 is 5.32 Å². The number of rotatable bonds is 5. The van der Waals surface area contributed by atoms with Crippen molar-refractivity contribution in [3.63, 3.8) is 0 Å². The van der Waals surface area contributed by atoms with E-state index >= 15 is 0 Å². The fraction of sp³-hybridized carbons (Fsp3) is 0.800. The van der Waals surface area contributed by atoms with Crippen LogP contribution in [0.4, 0.5) is 4.79 Å². The molecule has 0 aromatic carbocycles. The highest BCUT2D eigenvalue weighted by atomic mass is 16.5. The molecule has 1 aliphatic heterocycles. The lowest BCUT2D eigenvalue weighted by molar-refractivity contribution is 0.147. The van der Waals surface area contributed by atoms with E-state index in [4.69, 9.17) is 10.1 Å². The molecule has 15 heavy (non-hydrogen) atoms. The highest BCUT2D eigenvalue weighted by molar-refractivity contribution is 6.05. The summed E-state index contributed by atoms with van der Waals surface area (Å²) in [4.78, 5) is 13.2. The molecule has 5 nitrogen and oxygen atoms in total. The molecule has 0 saturated carbocycles. The maximum atomic E-state index is 11.5. The van der Waals surface area contributed by atoms with Gasteiger partial charge in [-0.2, -0.15) is 0 Å². The number of carbonyl (C=O) groups is 1. The number of methoxy groups -OCH3 is 1. The summed E-state index contributed by atoms with van der Waals surface area (Å²) in [7, 11) is 1.61. The van der Waals surface area contributed by atoms with E-state index in [0.29, 0.717) is 24.9 Å². The minimum absolute atomic E-state index is 0.104. The van der Waals surface area contributed by atoms with Crippen LogP contribution in [0, 0.1) is 11.3 Å². The van der Waals surface area contributed by atoms with Crippen molar-refractivity contribution < 1.29 is 9.53 Å². The Bertz CT molecular complexity index is 253. The van der Waals surface area contributed by atoms with Crippen molar-refractivity contribution in [2.45, 2.75) is 26.3 Å². The van der Waals surface area contributed by atoms with Gasteiger partial charge in [0.1, 0.15) is 5.84 Å². The third kappa shape index (κ3) is 2.92. The molecule has 1 heterocycles. The van der Waals surface area contributed by atoms with Gasteiger partial charge in [-0.25, -0.2) is 4.79 Å². The predicted molar refractivity (Wildman–Crippen MR) is 58.1 cm³/mol. The van der Waals surface area contributed by atoms with Gasteiger partial charge in [0, 0.05) is 13.7 Å². The first-order valence-electron chi connectivity index (χ1n) is 5.21. The molecule has 86 valence electrons. The molecule has 1 rings (SSSR count). The Balaban J connectivity index is 2.62. The van der Waals surface area contributed by atoms with Crippen molar-refractivity contribution >= 4 is 11.9 Å². The first-order chi connectivity index (χ1) is 7.06. The Hall–Kier alpha value is -1.10. The van der Waals surface area contributed by atoms with Crippen molar-refractivity contribution in [3.05, 3.63) is 0 Å². The second-order valence-electron chi connectivity index (χ2n) is 4.18. The van der Waals surface area contributed by atoms with E-state index in [9.17, 15) is 4.79 Å². The highest BCUT2D eigenvalue weighted by Crippen LogP contribution is 2.16. The molecule has 0 spiro atoms. The van der Waals surface area contributed by atoms with E-state index in [-0.39, 0.29) is 12.1 Å². The standard InChI is InChI=1S/C10H19N3O2/c1-7(2)6-8-9(11)12-10(14)13(8)4-5-15-3/h7-8H,4-6H2,1-3H3,(H2,11,12,14). The molecule has 1 unspecified atom stereocenters. The highest BCUT2D eigenvalue weighted by Gasteiger charge is 2.35. The van der Waals surface area contributed by atoms with Gasteiger partial charge in [-0.05, 0) is 12.3 Å². The zero-order valence-corrected chi connectivity index (χ0v) is 9.54. The van der Waals surface area contributed by atoms with E-state index in [0.717, 1.165) is 6.42 Å². The molecule has 1 fully saturated rings. The average Bonchev–Trinajstić information content (AvgIpc) is 2.39. The van der Waals surface area contributed by atoms with Crippen LogP contribution in [0.25, 0.3) is 0 Å². The van der Waals surface area contributed by atoms with Crippen LogP contribution in [-0.4, -0.2) is 43.1 Å². The van der Waals surface area contributed by atoms with Crippen molar-refractivity contribution in [3.8, 4) is 0 Å². The number of amidine groups is 1. The van der Waals surface area contributed by atoms with E-state index < -0.39 is 0 Å². The molecule has 0 aliphatic carbocycles. The molecule has 1 atom stereocenters. The summed E-state index contributed by atoms with van der Waals surface area (Å²) in [5.74, 6) is 0.776. The molecule has 0 aromatic heterocycles. The predicted octanol–water partition coefficient (Wildman–Crippen LogP) is 1.05. The molecule has 5 heteroatoms. The number of hydrogen-bond acceptors (Lipinski definition) is 3. The monoisotopic (exact) mass is 213 g/mol. The van der Waals surface area contributed by atoms with Gasteiger partial charge in [0.25, 0.3) is 0 Å². The van der Waals surface area contributed by atoms with Gasteiger partial charge < -0.3 is 9.64 Å². The SMILES string of the molecule is COCCN1C(=O)NC(=N)C1CC(C)C. The van der Waals surface area contributed by atoms with Gasteiger partial charge in [-0.1, -0.05) is 13.8 Å². The fourth-order valence-electron chi connectivity index (χ4n) is 1.71. The Morgan fingerprint density at radius 2 is 2.27 bits per heavy atom. The normalized spacial score (nSPS) is 21.3. The quantitative estimate of drug-likeness (QED) is 0.717. The summed E-state index contributed by atoms with van der Waals surface area (Å²) in [5, 5.41) is 10.2. The molecule has 0 aromatic rings. The fourth-order valence-corrected chi connectivity index (χ4v) is 1.71. The molecule has 1 aliphatic rings. The lowest BCUT2D eigenvalue weighted by Crippen LogP contribution is -2.38. The molecule has 0 bridgehead atoms. The van der Waals surface area contributed by atoms with Gasteiger partial charge in [0.15, 0.2) is 0 Å². The summed E-state index contributed by atoms with van der Waals surface area (Å²) in [6.45, 7) is 5.23. The Morgan fingerprint density at radius 1 is 1.60 bits per heavy atom. The maximum absolute atomic E-state index is 11.5. The third-order valence-corrected chi connectivity index (χ3v) is 2.44. The van der Waals surface area contributed by atoms with E-state index in [1.54, 1.807) is 12.0 Å². The second-order valence-corrected chi connectivity index (χ2v) is 4.18. The maximum Gasteiger partial charge on any atom is 0.323 e. The number of amides is 2. The van der Waals surface area contributed by atoms with Gasteiger partial charge in [-0.3, -0.25) is 10.7 Å². The number of nitrogens with zero attached hydrogens (tertiary/aromatic N) is 1. The number of nitrogens with one attached hydrogen (secondary N) is 2. The van der Waals surface area contributed by atoms with Crippen LogP contribution in [0.15, 0.2) is 0 Å². The zero-order valence-electron chi connectivity index (χ0n) is 9.54. The van der Waals surface area contributed by atoms with Crippen molar-refractivity contribution in [1.29, 1.82) is 5.41 Å². The van der Waals surface area contributed by atoms with E-state index in [2.05, 4.69) is 19.2 Å². The van der Waals surface area contributed by atoms with Gasteiger partial charge in [-0.15, -0.1) is 0 Å². The Labute approximate surface area is 90.3 Å². The molecule has 1 saturated heterocycles. The van der Waals surface area contributed by atoms with Gasteiger partial charge in [0.05, 0.1) is 12.6 Å². The second kappa shape index (κ2) is 5.11. The van der Waals surface area contributed by atoms with Crippen LogP contribution in [0.1, 0.15) is 20.3 Å². The van der Waals surface area contributed by atoms with Crippen LogP contribution in [0.2, 0.25) is 0 Å². The molecule has 2 N–H and O–H groups in total. The van der Waals surface area contributed by atoms with Crippen LogP contribution in [-0.2, 0) is 4.74 Å². The largest absolute Gasteiger partial charge is 0.383 e. The topological polar surface area (TPSA) is 65.4 Å². The third-order valence-electron chi connectivity index (χ3n) is 2.44. The Kier molecular flexibility index (Phi) is 4.08. The number of carbonyl (C=O) groups excluding carboxylic acids is 1. The van der Waals surface area contributed by atoms with Crippen molar-refractivity contribution in [2.75, 3.05) is 20.3 Å². The van der Waals surface area contributed by atoms with Crippen LogP contribution in [0.3, 0.4) is 0 Å². The van der Waals surface area contributed by atoms with Crippen molar-refractivity contribution in [1.82, 2.24) is 10.2 Å². The minimum Gasteiger partial charge on any atom is -0.383 e. The van der Waals surface area contributed by atoms with Gasteiger partial charge in [0.2, 0.25) is 0 Å². The lowest BCUT2D eigenvalue weighted by atomic mass is 10.0. The van der Waals surface area contributed by atoms with Crippen molar-refractivity contribution in [2.24, 2.45) is 5.92 Å². The first-order valence-corrected chi connectivity index (χ1v) is 5.21.